The highest BCUT2D eigenvalue weighted by molar-refractivity contribution is 7.92. The van der Waals surface area contributed by atoms with Crippen LogP contribution in [-0.2, 0) is 26.0 Å². The number of amides is 2. The number of nitrogens with zero attached hydrogens (tertiary/aromatic N) is 2. The molecule has 0 aliphatic heterocycles. The Morgan fingerprint density at radius 1 is 0.868 bits per heavy atom. The summed E-state index contributed by atoms with van der Waals surface area (Å²) in [5.41, 5.74) is 1.12. The number of nitrogens with one attached hydrogen (secondary N) is 1. The van der Waals surface area contributed by atoms with Crippen molar-refractivity contribution >= 4 is 50.7 Å². The van der Waals surface area contributed by atoms with Crippen LogP contribution in [0.5, 0.6) is 0 Å². The van der Waals surface area contributed by atoms with Crippen molar-refractivity contribution < 1.29 is 18.0 Å². The van der Waals surface area contributed by atoms with Crippen LogP contribution in [-0.4, -0.2) is 50.3 Å². The van der Waals surface area contributed by atoms with Gasteiger partial charge < -0.3 is 10.2 Å². The first-order valence-corrected chi connectivity index (χ1v) is 14.4. The van der Waals surface area contributed by atoms with E-state index in [0.717, 1.165) is 9.87 Å². The molecule has 0 bridgehead atoms. The van der Waals surface area contributed by atoms with Gasteiger partial charge in [-0.25, -0.2) is 8.42 Å². The summed E-state index contributed by atoms with van der Waals surface area (Å²) in [5.74, 6) is -0.868. The van der Waals surface area contributed by atoms with Crippen LogP contribution in [0, 0.1) is 0 Å². The van der Waals surface area contributed by atoms with E-state index in [4.69, 9.17) is 23.2 Å². The molecule has 10 heteroatoms. The molecule has 3 aromatic carbocycles. The summed E-state index contributed by atoms with van der Waals surface area (Å²) < 4.78 is 28.4. The Labute approximate surface area is 234 Å². The molecule has 0 radical (unpaired) electrons. The molecule has 0 aromatic heterocycles. The molecular formula is C28H31Cl2N3O4S. The number of carbonyl (C=O) groups is 2. The second-order valence-corrected chi connectivity index (χ2v) is 11.8. The minimum Gasteiger partial charge on any atom is -0.352 e. The van der Waals surface area contributed by atoms with E-state index >= 15 is 0 Å². The first-order chi connectivity index (χ1) is 18.0. The van der Waals surface area contributed by atoms with E-state index in [9.17, 15) is 18.0 Å². The predicted molar refractivity (Wildman–Crippen MR) is 152 cm³/mol. The Hall–Kier alpha value is -3.07. The molecule has 0 unspecified atom stereocenters. The molecule has 2 amide bonds. The summed E-state index contributed by atoms with van der Waals surface area (Å²) in [6.07, 6.45) is 0.486. The van der Waals surface area contributed by atoms with Gasteiger partial charge in [0.1, 0.15) is 12.6 Å². The van der Waals surface area contributed by atoms with Crippen molar-refractivity contribution in [3.63, 3.8) is 0 Å². The number of hydrogen-bond donors (Lipinski definition) is 1. The first kappa shape index (κ1) is 29.5. The maximum atomic E-state index is 13.8. The first-order valence-electron chi connectivity index (χ1n) is 12.2. The third-order valence-corrected chi connectivity index (χ3v) is 8.05. The Morgan fingerprint density at radius 2 is 1.42 bits per heavy atom. The van der Waals surface area contributed by atoms with Crippen molar-refractivity contribution in [1.29, 1.82) is 0 Å². The lowest BCUT2D eigenvalue weighted by atomic mass is 10.1. The van der Waals surface area contributed by atoms with Gasteiger partial charge in [0.05, 0.1) is 10.6 Å². The zero-order chi connectivity index (χ0) is 27.9. The molecule has 38 heavy (non-hydrogen) atoms. The Bertz CT molecular complexity index is 1330. The Morgan fingerprint density at radius 3 is 1.97 bits per heavy atom. The maximum absolute atomic E-state index is 13.8. The van der Waals surface area contributed by atoms with E-state index < -0.39 is 28.5 Å². The standard InChI is InChI=1S/C28H31Cl2N3O4S/c1-20(2)31-28(35)21(3)32(15-14-22-10-6-4-7-11-22)27(34)19-33(25-17-23(29)16-24(30)18-25)38(36,37)26-12-8-5-9-13-26/h4-13,16-18,20-21H,14-15,19H2,1-3H3,(H,31,35)/t21-/m0/s1. The fourth-order valence-corrected chi connectivity index (χ4v) is 5.84. The van der Waals surface area contributed by atoms with E-state index in [0.29, 0.717) is 6.42 Å². The third kappa shape index (κ3) is 7.72. The van der Waals surface area contributed by atoms with Crippen LogP contribution < -0.4 is 9.62 Å². The second-order valence-electron chi connectivity index (χ2n) is 9.11. The number of anilines is 1. The Balaban J connectivity index is 2.00. The van der Waals surface area contributed by atoms with Gasteiger partial charge in [-0.15, -0.1) is 0 Å². The van der Waals surface area contributed by atoms with Gasteiger partial charge in [0.2, 0.25) is 11.8 Å². The average molecular weight is 577 g/mol. The molecule has 7 nitrogen and oxygen atoms in total. The lowest BCUT2D eigenvalue weighted by Crippen LogP contribution is -2.53. The van der Waals surface area contributed by atoms with Gasteiger partial charge in [-0.1, -0.05) is 71.7 Å². The molecule has 0 saturated carbocycles. The number of carbonyl (C=O) groups excluding carboxylic acids is 2. The number of rotatable bonds is 11. The van der Waals surface area contributed by atoms with Crippen LogP contribution in [0.25, 0.3) is 0 Å². The molecule has 0 fully saturated rings. The van der Waals surface area contributed by atoms with Crippen molar-refractivity contribution in [2.45, 2.75) is 44.2 Å². The summed E-state index contributed by atoms with van der Waals surface area (Å²) in [6.45, 7) is 4.95. The van der Waals surface area contributed by atoms with Crippen LogP contribution in [0.3, 0.4) is 0 Å². The van der Waals surface area contributed by atoms with Crippen LogP contribution in [0.4, 0.5) is 5.69 Å². The van der Waals surface area contributed by atoms with E-state index in [-0.39, 0.29) is 39.1 Å². The quantitative estimate of drug-likeness (QED) is 0.341. The largest absolute Gasteiger partial charge is 0.352 e. The van der Waals surface area contributed by atoms with Crippen molar-refractivity contribution in [3.05, 3.63) is 94.5 Å². The lowest BCUT2D eigenvalue weighted by molar-refractivity contribution is -0.139. The lowest BCUT2D eigenvalue weighted by Gasteiger charge is -2.32. The highest BCUT2D eigenvalue weighted by Gasteiger charge is 2.32. The minimum absolute atomic E-state index is 0.00494. The monoisotopic (exact) mass is 575 g/mol. The van der Waals surface area contributed by atoms with Gasteiger partial charge in [-0.2, -0.15) is 0 Å². The predicted octanol–water partition coefficient (Wildman–Crippen LogP) is 5.17. The van der Waals surface area contributed by atoms with Crippen molar-refractivity contribution in [2.75, 3.05) is 17.4 Å². The zero-order valence-electron chi connectivity index (χ0n) is 21.5. The molecule has 0 heterocycles. The maximum Gasteiger partial charge on any atom is 0.264 e. The summed E-state index contributed by atoms with van der Waals surface area (Å²) in [5, 5.41) is 3.27. The number of sulfonamides is 1. The van der Waals surface area contributed by atoms with Crippen molar-refractivity contribution in [2.24, 2.45) is 0 Å². The number of halogens is 2. The van der Waals surface area contributed by atoms with Gasteiger partial charge in [-0.3, -0.25) is 13.9 Å². The van der Waals surface area contributed by atoms with Gasteiger partial charge in [-0.05, 0) is 63.1 Å². The number of hydrogen-bond acceptors (Lipinski definition) is 4. The second kappa shape index (κ2) is 13.1. The summed E-state index contributed by atoms with van der Waals surface area (Å²) in [7, 11) is -4.18. The van der Waals surface area contributed by atoms with Crippen LogP contribution in [0.1, 0.15) is 26.3 Å². The molecule has 3 aromatic rings. The molecular weight excluding hydrogens is 545 g/mol. The zero-order valence-corrected chi connectivity index (χ0v) is 23.8. The van der Waals surface area contributed by atoms with Gasteiger partial charge >= 0.3 is 0 Å². The van der Waals surface area contributed by atoms with Crippen molar-refractivity contribution in [1.82, 2.24) is 10.2 Å². The molecule has 0 saturated heterocycles. The molecule has 1 N–H and O–H groups in total. The minimum atomic E-state index is -4.18. The van der Waals surface area contributed by atoms with Gasteiger partial charge in [0.15, 0.2) is 0 Å². The van der Waals surface area contributed by atoms with Gasteiger partial charge in [0, 0.05) is 22.6 Å². The normalized spacial score (nSPS) is 12.2. The summed E-state index contributed by atoms with van der Waals surface area (Å²) in [4.78, 5) is 28.1. The molecule has 202 valence electrons. The van der Waals surface area contributed by atoms with E-state index in [1.165, 1.54) is 35.2 Å². The van der Waals surface area contributed by atoms with Gasteiger partial charge in [0.25, 0.3) is 10.0 Å². The highest BCUT2D eigenvalue weighted by Crippen LogP contribution is 2.30. The van der Waals surface area contributed by atoms with Crippen LogP contribution >= 0.6 is 23.2 Å². The molecule has 0 aliphatic carbocycles. The fourth-order valence-electron chi connectivity index (χ4n) is 3.91. The van der Waals surface area contributed by atoms with Crippen LogP contribution in [0.2, 0.25) is 10.0 Å². The third-order valence-electron chi connectivity index (χ3n) is 5.83. The van der Waals surface area contributed by atoms with E-state index in [2.05, 4.69) is 5.32 Å². The van der Waals surface area contributed by atoms with E-state index in [1.54, 1.807) is 25.1 Å². The SMILES string of the molecule is CC(C)NC(=O)[C@H](C)N(CCc1ccccc1)C(=O)CN(c1cc(Cl)cc(Cl)c1)S(=O)(=O)c1ccccc1. The smallest absolute Gasteiger partial charge is 0.264 e. The average Bonchev–Trinajstić information content (AvgIpc) is 2.87. The van der Waals surface area contributed by atoms with E-state index in [1.807, 2.05) is 44.2 Å². The topological polar surface area (TPSA) is 86.8 Å². The summed E-state index contributed by atoms with van der Waals surface area (Å²) in [6, 6.07) is 20.7. The van der Waals surface area contributed by atoms with Crippen molar-refractivity contribution in [3.8, 4) is 0 Å². The highest BCUT2D eigenvalue weighted by atomic mass is 35.5. The molecule has 3 rings (SSSR count). The number of benzene rings is 3. The van der Waals surface area contributed by atoms with Crippen LogP contribution in [0.15, 0.2) is 83.8 Å². The fraction of sp³-hybridized carbons (Fsp3) is 0.286. The molecule has 1 atom stereocenters. The Kier molecular flexibility index (Phi) is 10.2. The summed E-state index contributed by atoms with van der Waals surface area (Å²) >= 11 is 12.4. The molecule has 0 spiro atoms. The molecule has 0 aliphatic rings.